The van der Waals surface area contributed by atoms with Crippen LogP contribution in [-0.4, -0.2) is 16.8 Å². The van der Waals surface area contributed by atoms with E-state index in [1.807, 2.05) is 0 Å². The largest absolute Gasteiger partial charge is 0.712 e. The molecule has 0 radical (unpaired) electrons. The monoisotopic (exact) mass is 293 g/mol. The molecular formula is C14H27Cl2N2-. The van der Waals surface area contributed by atoms with Gasteiger partial charge in [-0.15, -0.1) is 23.2 Å². The van der Waals surface area contributed by atoms with E-state index in [1.54, 1.807) is 0 Å². The minimum Gasteiger partial charge on any atom is -0.712 e. The van der Waals surface area contributed by atoms with Gasteiger partial charge in [-0.3, -0.25) is 0 Å². The van der Waals surface area contributed by atoms with Crippen LogP contribution in [0.3, 0.4) is 0 Å². The van der Waals surface area contributed by atoms with Crippen molar-refractivity contribution in [1.29, 1.82) is 0 Å². The molecule has 0 aromatic carbocycles. The number of alkyl halides is 2. The van der Waals surface area contributed by atoms with Gasteiger partial charge in [0.25, 0.3) is 0 Å². The molecule has 0 aromatic heterocycles. The van der Waals surface area contributed by atoms with Crippen LogP contribution in [-0.2, 0) is 0 Å². The van der Waals surface area contributed by atoms with E-state index < -0.39 is 0 Å². The molecule has 4 heteroatoms. The second-order valence-corrected chi connectivity index (χ2v) is 8.58. The van der Waals surface area contributed by atoms with Gasteiger partial charge in [-0.05, 0) is 30.1 Å². The molecule has 0 aliphatic carbocycles. The zero-order valence-corrected chi connectivity index (χ0v) is 14.0. The van der Waals surface area contributed by atoms with Crippen molar-refractivity contribution in [2.24, 2.45) is 15.9 Å². The van der Waals surface area contributed by atoms with Crippen molar-refractivity contribution < 1.29 is 0 Å². The predicted octanol–water partition coefficient (Wildman–Crippen LogP) is 5.85. The van der Waals surface area contributed by atoms with Gasteiger partial charge in [0, 0.05) is 16.8 Å². The Balaban J connectivity index is 4.32. The van der Waals surface area contributed by atoms with E-state index in [9.17, 15) is 0 Å². The predicted molar refractivity (Wildman–Crippen MR) is 81.6 cm³/mol. The number of hydrogen-bond acceptors (Lipinski definition) is 1. The van der Waals surface area contributed by atoms with Gasteiger partial charge in [0.2, 0.25) is 0 Å². The molecule has 0 aromatic rings. The number of halogens is 2. The molecule has 3 atom stereocenters. The normalized spacial score (nSPS) is 18.2. The lowest BCUT2D eigenvalue weighted by Gasteiger charge is -2.30. The van der Waals surface area contributed by atoms with Gasteiger partial charge in [-0.1, -0.05) is 41.5 Å². The molecule has 108 valence electrons. The topological polar surface area (TPSA) is 34.7 Å². The molecule has 3 unspecified atom stereocenters. The first-order chi connectivity index (χ1) is 7.95. The standard InChI is InChI=1S/C14H27Cl2N2/c1-13(2,3)9-10(15)7-11(18-17)8-12(16)14(4,5)6/h10-12H,7-9H2,1-6H3/q-1. The highest BCUT2D eigenvalue weighted by Crippen LogP contribution is 2.32. The van der Waals surface area contributed by atoms with Gasteiger partial charge >= 0.3 is 0 Å². The third kappa shape index (κ3) is 8.31. The zero-order valence-electron chi connectivity index (χ0n) is 12.5. The second kappa shape index (κ2) is 7.09. The summed E-state index contributed by atoms with van der Waals surface area (Å²) in [5.41, 5.74) is 9.30. The quantitative estimate of drug-likeness (QED) is 0.435. The van der Waals surface area contributed by atoms with Crippen LogP contribution in [0.15, 0.2) is 5.11 Å². The van der Waals surface area contributed by atoms with E-state index in [4.69, 9.17) is 28.7 Å². The van der Waals surface area contributed by atoms with Crippen molar-refractivity contribution in [1.82, 2.24) is 0 Å². The average Bonchev–Trinajstić information content (AvgIpc) is 2.11. The maximum Gasteiger partial charge on any atom is 0.0404 e. The SMILES string of the molecule is CC(C)(C)CC(Cl)CC(CC(Cl)C(C)(C)C)N=[N-]. The molecule has 0 heterocycles. The van der Waals surface area contributed by atoms with Crippen LogP contribution < -0.4 is 0 Å². The van der Waals surface area contributed by atoms with E-state index in [2.05, 4.69) is 46.7 Å². The first-order valence-electron chi connectivity index (χ1n) is 6.58. The highest BCUT2D eigenvalue weighted by atomic mass is 35.5. The number of rotatable bonds is 6. The van der Waals surface area contributed by atoms with Crippen molar-refractivity contribution in [3.05, 3.63) is 5.53 Å². The van der Waals surface area contributed by atoms with Crippen LogP contribution in [0.4, 0.5) is 0 Å². The fraction of sp³-hybridized carbons (Fsp3) is 1.00. The summed E-state index contributed by atoms with van der Waals surface area (Å²) in [6.07, 6.45) is 2.24. The molecule has 0 rings (SSSR count). The van der Waals surface area contributed by atoms with Gasteiger partial charge < -0.3 is 10.6 Å². The van der Waals surface area contributed by atoms with Gasteiger partial charge in [-0.25, -0.2) is 0 Å². The first-order valence-corrected chi connectivity index (χ1v) is 7.45. The highest BCUT2D eigenvalue weighted by molar-refractivity contribution is 6.21. The fourth-order valence-electron chi connectivity index (χ4n) is 1.83. The Bertz CT molecular complexity index is 254. The Morgan fingerprint density at radius 1 is 1.00 bits per heavy atom. The van der Waals surface area contributed by atoms with E-state index in [0.717, 1.165) is 6.42 Å². The van der Waals surface area contributed by atoms with Gasteiger partial charge in [0.05, 0.1) is 0 Å². The van der Waals surface area contributed by atoms with Crippen molar-refractivity contribution >= 4 is 23.2 Å². The first kappa shape index (κ1) is 18.2. The van der Waals surface area contributed by atoms with Crippen LogP contribution in [0.2, 0.25) is 0 Å². The molecule has 0 amide bonds. The van der Waals surface area contributed by atoms with Crippen molar-refractivity contribution in [2.75, 3.05) is 0 Å². The highest BCUT2D eigenvalue weighted by Gasteiger charge is 2.26. The van der Waals surface area contributed by atoms with E-state index in [1.165, 1.54) is 0 Å². The lowest BCUT2D eigenvalue weighted by atomic mass is 9.85. The smallest absolute Gasteiger partial charge is 0.0404 e. The Hall–Kier alpha value is 0.180. The maximum absolute atomic E-state index is 9.10. The molecule has 0 saturated heterocycles. The molecule has 0 bridgehead atoms. The van der Waals surface area contributed by atoms with Crippen LogP contribution in [0.25, 0.3) is 5.53 Å². The number of hydrogen-bond donors (Lipinski definition) is 0. The minimum absolute atomic E-state index is 0.0103. The van der Waals surface area contributed by atoms with Gasteiger partial charge in [-0.2, -0.15) is 0 Å². The van der Waals surface area contributed by atoms with E-state index in [-0.39, 0.29) is 27.6 Å². The summed E-state index contributed by atoms with van der Waals surface area (Å²) in [7, 11) is 0. The lowest BCUT2D eigenvalue weighted by Crippen LogP contribution is -2.27. The Kier molecular flexibility index (Phi) is 7.16. The second-order valence-electron chi connectivity index (χ2n) is 7.44. The van der Waals surface area contributed by atoms with E-state index >= 15 is 0 Å². The molecular weight excluding hydrogens is 267 g/mol. The maximum atomic E-state index is 9.10. The molecule has 18 heavy (non-hydrogen) atoms. The molecule has 0 fully saturated rings. The molecule has 0 saturated carbocycles. The van der Waals surface area contributed by atoms with Gasteiger partial charge in [0.1, 0.15) is 0 Å². The van der Waals surface area contributed by atoms with Crippen LogP contribution >= 0.6 is 23.2 Å². The summed E-state index contributed by atoms with van der Waals surface area (Å²) in [6.45, 7) is 12.7. The molecule has 0 N–H and O–H groups in total. The summed E-state index contributed by atoms with van der Waals surface area (Å²) in [6, 6.07) is -0.170. The summed E-state index contributed by atoms with van der Waals surface area (Å²) in [5, 5.41) is 3.45. The van der Waals surface area contributed by atoms with Gasteiger partial charge in [0.15, 0.2) is 0 Å². The Labute approximate surface area is 122 Å². The molecule has 0 spiro atoms. The number of nitrogens with zero attached hydrogens (tertiary/aromatic N) is 2. The van der Waals surface area contributed by atoms with Crippen LogP contribution in [0, 0.1) is 10.8 Å². The van der Waals surface area contributed by atoms with Crippen LogP contribution in [0.5, 0.6) is 0 Å². The third-order valence-corrected chi connectivity index (χ3v) is 4.11. The van der Waals surface area contributed by atoms with Crippen molar-refractivity contribution in [3.8, 4) is 0 Å². The van der Waals surface area contributed by atoms with Crippen LogP contribution in [0.1, 0.15) is 60.8 Å². The molecule has 2 nitrogen and oxygen atoms in total. The summed E-state index contributed by atoms with van der Waals surface area (Å²) < 4.78 is 0. The fourth-order valence-corrected chi connectivity index (χ4v) is 2.70. The average molecular weight is 294 g/mol. The third-order valence-electron chi connectivity index (χ3n) is 2.94. The van der Waals surface area contributed by atoms with E-state index in [0.29, 0.717) is 12.8 Å². The molecule has 0 aliphatic rings. The zero-order chi connectivity index (χ0) is 14.6. The lowest BCUT2D eigenvalue weighted by molar-refractivity contribution is 0.329. The summed E-state index contributed by atoms with van der Waals surface area (Å²) in [4.78, 5) is 0. The Morgan fingerprint density at radius 3 is 1.83 bits per heavy atom. The minimum atomic E-state index is -0.170. The summed E-state index contributed by atoms with van der Waals surface area (Å²) >= 11 is 12.7. The molecule has 0 aliphatic heterocycles. The Morgan fingerprint density at radius 2 is 1.50 bits per heavy atom. The summed E-state index contributed by atoms with van der Waals surface area (Å²) in [5.74, 6) is 0. The van der Waals surface area contributed by atoms with Crippen molar-refractivity contribution in [3.63, 3.8) is 0 Å². The van der Waals surface area contributed by atoms with Crippen molar-refractivity contribution in [2.45, 2.75) is 77.6 Å².